The number of ether oxygens (including phenoxy) is 2. The van der Waals surface area contributed by atoms with Crippen LogP contribution in [0.15, 0.2) is 23.2 Å². The van der Waals surface area contributed by atoms with Crippen molar-refractivity contribution in [2.24, 2.45) is 4.99 Å². The van der Waals surface area contributed by atoms with Crippen LogP contribution < -0.4 is 9.47 Å². The van der Waals surface area contributed by atoms with Crippen LogP contribution in [0.1, 0.15) is 12.0 Å². The maximum Gasteiger partial charge on any atom is 0.259 e. The van der Waals surface area contributed by atoms with Crippen LogP contribution in [0.5, 0.6) is 11.5 Å². The van der Waals surface area contributed by atoms with E-state index in [0.29, 0.717) is 17.1 Å². The summed E-state index contributed by atoms with van der Waals surface area (Å²) in [5, 5.41) is 8.33. The van der Waals surface area contributed by atoms with Gasteiger partial charge in [-0.1, -0.05) is 0 Å². The average Bonchev–Trinajstić information content (AvgIpc) is 2.36. The van der Waals surface area contributed by atoms with E-state index in [2.05, 4.69) is 4.99 Å². The summed E-state index contributed by atoms with van der Waals surface area (Å²) in [5.74, 6) is 0.733. The van der Waals surface area contributed by atoms with E-state index in [1.807, 2.05) is 0 Å². The maximum absolute atomic E-state index is 11.1. The van der Waals surface area contributed by atoms with Gasteiger partial charge >= 0.3 is 0 Å². The van der Waals surface area contributed by atoms with Gasteiger partial charge in [-0.05, 0) is 18.2 Å². The van der Waals surface area contributed by atoms with Crippen LogP contribution in [0, 0.1) is 11.3 Å². The fraction of sp³-hybridized carbons (Fsp3) is 0.250. The molecule has 17 heavy (non-hydrogen) atoms. The van der Waals surface area contributed by atoms with Crippen LogP contribution in [-0.4, -0.2) is 26.3 Å². The zero-order valence-electron chi connectivity index (χ0n) is 9.64. The number of amides is 1. The number of hydrogen-bond acceptors (Lipinski definition) is 4. The van der Waals surface area contributed by atoms with Gasteiger partial charge in [0, 0.05) is 11.8 Å². The third-order valence-corrected chi connectivity index (χ3v) is 2.01. The molecule has 0 saturated heterocycles. The number of benzene rings is 1. The molecule has 1 aromatic rings. The van der Waals surface area contributed by atoms with Crippen molar-refractivity contribution in [3.8, 4) is 17.6 Å². The topological polar surface area (TPSA) is 71.7 Å². The van der Waals surface area contributed by atoms with Gasteiger partial charge in [-0.25, -0.2) is 4.99 Å². The molecule has 5 nitrogen and oxygen atoms in total. The molecule has 0 aliphatic rings. The molecule has 5 heteroatoms. The summed E-state index contributed by atoms with van der Waals surface area (Å²) in [4.78, 5) is 14.7. The predicted octanol–water partition coefficient (Wildman–Crippen LogP) is 1.56. The molecular formula is C12H12N2O3. The van der Waals surface area contributed by atoms with Gasteiger partial charge in [0.15, 0.2) is 0 Å². The van der Waals surface area contributed by atoms with E-state index in [4.69, 9.17) is 14.7 Å². The Morgan fingerprint density at radius 1 is 1.47 bits per heavy atom. The van der Waals surface area contributed by atoms with Gasteiger partial charge in [0.05, 0.1) is 20.3 Å². The predicted molar refractivity (Wildman–Crippen MR) is 62.4 cm³/mol. The third-order valence-electron chi connectivity index (χ3n) is 2.01. The number of hydrogen-bond donors (Lipinski definition) is 0. The van der Waals surface area contributed by atoms with Crippen LogP contribution in [0.25, 0.3) is 0 Å². The molecule has 1 aromatic carbocycles. The number of carbonyl (C=O) groups excluding carboxylic acids is 1. The molecule has 0 atom stereocenters. The molecule has 0 aliphatic carbocycles. The third kappa shape index (κ3) is 3.61. The van der Waals surface area contributed by atoms with Gasteiger partial charge in [0.1, 0.15) is 17.9 Å². The van der Waals surface area contributed by atoms with E-state index in [1.54, 1.807) is 31.4 Å². The molecule has 0 unspecified atom stereocenters. The lowest BCUT2D eigenvalue weighted by Gasteiger charge is -2.06. The summed E-state index contributed by atoms with van der Waals surface area (Å²) in [5.41, 5.74) is 0.623. The lowest BCUT2D eigenvalue weighted by molar-refractivity contribution is -0.116. The lowest BCUT2D eigenvalue weighted by atomic mass is 10.2. The summed E-state index contributed by atoms with van der Waals surface area (Å²) in [6.45, 7) is 0. The van der Waals surface area contributed by atoms with Crippen LogP contribution in [0.3, 0.4) is 0 Å². The van der Waals surface area contributed by atoms with E-state index < -0.39 is 5.91 Å². The van der Waals surface area contributed by atoms with Gasteiger partial charge in [0.25, 0.3) is 5.91 Å². The average molecular weight is 232 g/mol. The smallest absolute Gasteiger partial charge is 0.259 e. The summed E-state index contributed by atoms with van der Waals surface area (Å²) in [6.07, 6.45) is 1.13. The van der Waals surface area contributed by atoms with E-state index in [-0.39, 0.29) is 6.42 Å². The summed E-state index contributed by atoms with van der Waals surface area (Å²) in [6, 6.07) is 6.89. The number of nitrogens with zero attached hydrogens (tertiary/aromatic N) is 2. The molecule has 0 aliphatic heterocycles. The minimum Gasteiger partial charge on any atom is -0.497 e. The maximum atomic E-state index is 11.1. The molecule has 0 saturated carbocycles. The Morgan fingerprint density at radius 3 is 2.82 bits per heavy atom. The Labute approximate surface area is 99.3 Å². The van der Waals surface area contributed by atoms with Crippen molar-refractivity contribution >= 4 is 12.1 Å². The molecule has 88 valence electrons. The highest BCUT2D eigenvalue weighted by molar-refractivity contribution is 5.94. The summed E-state index contributed by atoms with van der Waals surface area (Å²) in [7, 11) is 3.07. The van der Waals surface area contributed by atoms with Crippen LogP contribution in [0.4, 0.5) is 0 Å². The van der Waals surface area contributed by atoms with Crippen LogP contribution >= 0.6 is 0 Å². The molecule has 0 radical (unpaired) electrons. The number of rotatable bonds is 4. The van der Waals surface area contributed by atoms with Crippen molar-refractivity contribution in [1.29, 1.82) is 5.26 Å². The zero-order chi connectivity index (χ0) is 12.7. The SMILES string of the molecule is COc1ccc(OC)c(C=NC(=O)CC#N)c1. The number of carbonyl (C=O) groups is 1. The second kappa shape index (κ2) is 6.28. The van der Waals surface area contributed by atoms with E-state index >= 15 is 0 Å². The highest BCUT2D eigenvalue weighted by Gasteiger charge is 2.03. The first-order valence-electron chi connectivity index (χ1n) is 4.87. The van der Waals surface area contributed by atoms with Gasteiger partial charge in [0.2, 0.25) is 0 Å². The lowest BCUT2D eigenvalue weighted by Crippen LogP contribution is -1.96. The molecular weight excluding hydrogens is 220 g/mol. The van der Waals surface area contributed by atoms with E-state index in [9.17, 15) is 4.79 Å². The fourth-order valence-corrected chi connectivity index (χ4v) is 1.20. The normalized spacial score (nSPS) is 9.94. The van der Waals surface area contributed by atoms with Crippen molar-refractivity contribution in [1.82, 2.24) is 0 Å². The standard InChI is InChI=1S/C12H12N2O3/c1-16-10-3-4-11(17-2)9(7-10)8-14-12(15)5-6-13/h3-4,7-8H,5H2,1-2H3. The van der Waals surface area contributed by atoms with Crippen LogP contribution in [-0.2, 0) is 4.79 Å². The fourth-order valence-electron chi connectivity index (χ4n) is 1.20. The molecule has 0 aromatic heterocycles. The Bertz CT molecular complexity index is 475. The summed E-state index contributed by atoms with van der Waals surface area (Å²) >= 11 is 0. The van der Waals surface area contributed by atoms with Crippen molar-refractivity contribution in [2.75, 3.05) is 14.2 Å². The second-order valence-electron chi connectivity index (χ2n) is 3.09. The second-order valence-corrected chi connectivity index (χ2v) is 3.09. The first kappa shape index (κ1) is 12.7. The molecule has 1 rings (SSSR count). The van der Waals surface area contributed by atoms with Crippen molar-refractivity contribution in [3.63, 3.8) is 0 Å². The quantitative estimate of drug-likeness (QED) is 0.738. The molecule has 0 heterocycles. The van der Waals surface area contributed by atoms with Crippen LogP contribution in [0.2, 0.25) is 0 Å². The van der Waals surface area contributed by atoms with Crippen molar-refractivity contribution in [2.45, 2.75) is 6.42 Å². The number of methoxy groups -OCH3 is 2. The largest absolute Gasteiger partial charge is 0.497 e. The van der Waals surface area contributed by atoms with Gasteiger partial charge in [-0.3, -0.25) is 4.79 Å². The van der Waals surface area contributed by atoms with Crippen molar-refractivity contribution < 1.29 is 14.3 Å². The Balaban J connectivity index is 2.95. The van der Waals surface area contributed by atoms with Gasteiger partial charge in [-0.15, -0.1) is 0 Å². The Kier molecular flexibility index (Phi) is 4.70. The molecule has 0 N–H and O–H groups in total. The molecule has 0 spiro atoms. The summed E-state index contributed by atoms with van der Waals surface area (Å²) < 4.78 is 10.2. The monoisotopic (exact) mass is 232 g/mol. The first-order chi connectivity index (χ1) is 8.21. The highest BCUT2D eigenvalue weighted by atomic mass is 16.5. The minimum absolute atomic E-state index is 0.233. The van der Waals surface area contributed by atoms with Crippen molar-refractivity contribution in [3.05, 3.63) is 23.8 Å². The van der Waals surface area contributed by atoms with E-state index in [1.165, 1.54) is 13.3 Å². The highest BCUT2D eigenvalue weighted by Crippen LogP contribution is 2.22. The zero-order valence-corrected chi connectivity index (χ0v) is 9.64. The number of nitriles is 1. The Hall–Kier alpha value is -2.35. The minimum atomic E-state index is -0.489. The van der Waals surface area contributed by atoms with Gasteiger partial charge < -0.3 is 9.47 Å². The van der Waals surface area contributed by atoms with Gasteiger partial charge in [-0.2, -0.15) is 5.26 Å². The molecule has 1 amide bonds. The Morgan fingerprint density at radius 2 is 2.24 bits per heavy atom. The first-order valence-corrected chi connectivity index (χ1v) is 4.87. The number of aliphatic imine (C=N–C) groups is 1. The molecule has 0 bridgehead atoms. The van der Waals surface area contributed by atoms with E-state index in [0.717, 1.165) is 0 Å². The molecule has 0 fully saturated rings.